The van der Waals surface area contributed by atoms with Crippen LogP contribution in [0.1, 0.15) is 36.8 Å². The van der Waals surface area contributed by atoms with Gasteiger partial charge in [-0.15, -0.1) is 15.3 Å². The van der Waals surface area contributed by atoms with E-state index in [0.29, 0.717) is 12.5 Å². The van der Waals surface area contributed by atoms with Crippen LogP contribution < -0.4 is 5.32 Å². The molecule has 0 aliphatic heterocycles. The van der Waals surface area contributed by atoms with Gasteiger partial charge in [0, 0.05) is 18.3 Å². The molecule has 0 aliphatic rings. The largest absolute Gasteiger partial charge is 0.364 e. The highest BCUT2D eigenvalue weighted by atomic mass is 15.4. The van der Waals surface area contributed by atoms with Gasteiger partial charge in [-0.2, -0.15) is 9.61 Å². The smallest absolute Gasteiger partial charge is 0.178 e. The van der Waals surface area contributed by atoms with Crippen molar-refractivity contribution < 1.29 is 0 Å². The number of fused-ring (bicyclic) bond motifs is 1. The molecule has 7 heteroatoms. The van der Waals surface area contributed by atoms with E-state index < -0.39 is 0 Å². The summed E-state index contributed by atoms with van der Waals surface area (Å²) < 4.78 is 3.67. The molecule has 132 valence electrons. The summed E-state index contributed by atoms with van der Waals surface area (Å²) in [7, 11) is 0. The fourth-order valence-electron chi connectivity index (χ4n) is 2.93. The Bertz CT molecular complexity index is 1030. The van der Waals surface area contributed by atoms with Crippen LogP contribution in [0.3, 0.4) is 0 Å². The Balaban J connectivity index is 1.60. The van der Waals surface area contributed by atoms with Crippen molar-refractivity contribution in [3.05, 3.63) is 65.7 Å². The van der Waals surface area contributed by atoms with Gasteiger partial charge < -0.3 is 5.32 Å². The van der Waals surface area contributed by atoms with Crippen molar-refractivity contribution in [2.24, 2.45) is 0 Å². The first-order valence-corrected chi connectivity index (χ1v) is 8.68. The molecular formula is C19H21N7. The van der Waals surface area contributed by atoms with Crippen molar-refractivity contribution in [1.82, 2.24) is 29.6 Å². The summed E-state index contributed by atoms with van der Waals surface area (Å²) >= 11 is 0. The van der Waals surface area contributed by atoms with Crippen molar-refractivity contribution in [2.45, 2.75) is 33.2 Å². The SMILES string of the molecule is Cc1nnc2ccc(NCc3cn(-c4ccccc4)nc3C(C)C)nn12. The average Bonchev–Trinajstić information content (AvgIpc) is 3.25. The lowest BCUT2D eigenvalue weighted by atomic mass is 10.1. The maximum Gasteiger partial charge on any atom is 0.178 e. The lowest BCUT2D eigenvalue weighted by Crippen LogP contribution is -2.06. The summed E-state index contributed by atoms with van der Waals surface area (Å²) in [6.07, 6.45) is 2.08. The third-order valence-electron chi connectivity index (χ3n) is 4.27. The van der Waals surface area contributed by atoms with Gasteiger partial charge >= 0.3 is 0 Å². The summed E-state index contributed by atoms with van der Waals surface area (Å²) in [5.74, 6) is 1.89. The summed E-state index contributed by atoms with van der Waals surface area (Å²) in [5.41, 5.74) is 4.04. The first kappa shape index (κ1) is 16.3. The number of rotatable bonds is 5. The first-order chi connectivity index (χ1) is 12.6. The van der Waals surface area contributed by atoms with E-state index in [9.17, 15) is 0 Å². The number of para-hydroxylation sites is 1. The molecule has 26 heavy (non-hydrogen) atoms. The Morgan fingerprint density at radius 3 is 2.58 bits per heavy atom. The standard InChI is InChI=1S/C19H21N7/c1-13(2)19-15(12-25(24-19)16-7-5-4-6-8-16)11-20-17-9-10-18-22-21-14(3)26(18)23-17/h4-10,12-13H,11H2,1-3H3,(H,20,23). The van der Waals surface area contributed by atoms with Crippen LogP contribution in [0.25, 0.3) is 11.3 Å². The van der Waals surface area contributed by atoms with Crippen molar-refractivity contribution in [3.63, 3.8) is 0 Å². The maximum absolute atomic E-state index is 4.78. The molecule has 0 bridgehead atoms. The predicted molar refractivity (Wildman–Crippen MR) is 100 cm³/mol. The molecule has 0 spiro atoms. The summed E-state index contributed by atoms with van der Waals surface area (Å²) in [5, 5.41) is 20.8. The minimum Gasteiger partial charge on any atom is -0.364 e. The van der Waals surface area contributed by atoms with E-state index in [1.165, 1.54) is 0 Å². The normalized spacial score (nSPS) is 11.4. The second-order valence-corrected chi connectivity index (χ2v) is 6.56. The number of hydrogen-bond acceptors (Lipinski definition) is 5. The fraction of sp³-hybridized carbons (Fsp3) is 0.263. The Kier molecular flexibility index (Phi) is 4.12. The van der Waals surface area contributed by atoms with Gasteiger partial charge in [0.15, 0.2) is 11.5 Å². The molecular weight excluding hydrogens is 326 g/mol. The second-order valence-electron chi connectivity index (χ2n) is 6.56. The third kappa shape index (κ3) is 3.03. The molecule has 0 radical (unpaired) electrons. The predicted octanol–water partition coefficient (Wildman–Crippen LogP) is 3.35. The lowest BCUT2D eigenvalue weighted by molar-refractivity contribution is 0.762. The number of anilines is 1. The van der Waals surface area contributed by atoms with Gasteiger partial charge in [-0.1, -0.05) is 32.0 Å². The highest BCUT2D eigenvalue weighted by molar-refractivity contribution is 5.44. The lowest BCUT2D eigenvalue weighted by Gasteiger charge is -2.07. The molecule has 3 heterocycles. The Labute approximate surface area is 151 Å². The Hall–Kier alpha value is -3.22. The van der Waals surface area contributed by atoms with Crippen LogP contribution in [0.15, 0.2) is 48.7 Å². The zero-order chi connectivity index (χ0) is 18.1. The highest BCUT2D eigenvalue weighted by Crippen LogP contribution is 2.21. The van der Waals surface area contributed by atoms with Crippen LogP contribution in [0.2, 0.25) is 0 Å². The van der Waals surface area contributed by atoms with Crippen LogP contribution in [0.5, 0.6) is 0 Å². The molecule has 0 atom stereocenters. The number of nitrogens with zero attached hydrogens (tertiary/aromatic N) is 6. The zero-order valence-electron chi connectivity index (χ0n) is 15.1. The average molecular weight is 347 g/mol. The van der Waals surface area contributed by atoms with E-state index in [0.717, 1.165) is 34.2 Å². The van der Waals surface area contributed by atoms with Crippen molar-refractivity contribution in [3.8, 4) is 5.69 Å². The van der Waals surface area contributed by atoms with E-state index in [4.69, 9.17) is 5.10 Å². The molecule has 1 aromatic carbocycles. The maximum atomic E-state index is 4.78. The van der Waals surface area contributed by atoms with Gasteiger partial charge in [-0.3, -0.25) is 0 Å². The van der Waals surface area contributed by atoms with Gasteiger partial charge in [0.25, 0.3) is 0 Å². The van der Waals surface area contributed by atoms with E-state index in [1.54, 1.807) is 4.52 Å². The van der Waals surface area contributed by atoms with Gasteiger partial charge in [0.05, 0.1) is 11.4 Å². The molecule has 3 aromatic heterocycles. The van der Waals surface area contributed by atoms with Crippen molar-refractivity contribution in [2.75, 3.05) is 5.32 Å². The zero-order valence-corrected chi connectivity index (χ0v) is 15.1. The first-order valence-electron chi connectivity index (χ1n) is 8.68. The molecule has 0 aliphatic carbocycles. The highest BCUT2D eigenvalue weighted by Gasteiger charge is 2.13. The van der Waals surface area contributed by atoms with Crippen LogP contribution in [-0.4, -0.2) is 29.6 Å². The molecule has 4 aromatic rings. The molecule has 1 N–H and O–H groups in total. The second kappa shape index (κ2) is 6.59. The van der Waals surface area contributed by atoms with Gasteiger partial charge in [0.2, 0.25) is 0 Å². The number of aromatic nitrogens is 6. The monoisotopic (exact) mass is 347 g/mol. The topological polar surface area (TPSA) is 72.9 Å². The van der Waals surface area contributed by atoms with E-state index >= 15 is 0 Å². The minimum atomic E-state index is 0.340. The quantitative estimate of drug-likeness (QED) is 0.599. The summed E-state index contributed by atoms with van der Waals surface area (Å²) in [6.45, 7) is 6.86. The van der Waals surface area contributed by atoms with Crippen LogP contribution in [0.4, 0.5) is 5.82 Å². The van der Waals surface area contributed by atoms with E-state index in [1.807, 2.05) is 41.9 Å². The van der Waals surface area contributed by atoms with Crippen LogP contribution >= 0.6 is 0 Å². The fourth-order valence-corrected chi connectivity index (χ4v) is 2.93. The van der Waals surface area contributed by atoms with Crippen LogP contribution in [-0.2, 0) is 6.54 Å². The van der Waals surface area contributed by atoms with Crippen molar-refractivity contribution >= 4 is 11.5 Å². The molecule has 7 nitrogen and oxygen atoms in total. The molecule has 0 saturated heterocycles. The Morgan fingerprint density at radius 2 is 1.81 bits per heavy atom. The number of nitrogens with one attached hydrogen (secondary N) is 1. The minimum absolute atomic E-state index is 0.340. The Morgan fingerprint density at radius 1 is 1.00 bits per heavy atom. The molecule has 0 fully saturated rings. The number of benzene rings is 1. The molecule has 0 amide bonds. The number of aryl methyl sites for hydroxylation is 1. The van der Waals surface area contributed by atoms with Gasteiger partial charge in [0.1, 0.15) is 5.82 Å². The summed E-state index contributed by atoms with van der Waals surface area (Å²) in [6, 6.07) is 14.0. The van der Waals surface area contributed by atoms with Gasteiger partial charge in [-0.25, -0.2) is 4.68 Å². The van der Waals surface area contributed by atoms with E-state index in [2.05, 4.69) is 52.8 Å². The van der Waals surface area contributed by atoms with Crippen molar-refractivity contribution in [1.29, 1.82) is 0 Å². The van der Waals surface area contributed by atoms with Gasteiger partial charge in [-0.05, 0) is 37.1 Å². The summed E-state index contributed by atoms with van der Waals surface area (Å²) in [4.78, 5) is 0. The number of hydrogen-bond donors (Lipinski definition) is 1. The van der Waals surface area contributed by atoms with Crippen LogP contribution in [0, 0.1) is 6.92 Å². The molecule has 4 rings (SSSR count). The third-order valence-corrected chi connectivity index (χ3v) is 4.27. The molecule has 0 saturated carbocycles. The van der Waals surface area contributed by atoms with E-state index in [-0.39, 0.29) is 0 Å². The molecule has 0 unspecified atom stereocenters.